The Morgan fingerprint density at radius 2 is 1.64 bits per heavy atom. The van der Waals surface area contributed by atoms with Crippen molar-refractivity contribution < 1.29 is 18.7 Å². The first-order valence-electron chi connectivity index (χ1n) is 10.7. The standard InChI is InChI=1S/C26H29ClF2N2O2/c1-17-21(19-11-13-20(27)14-12-19)22(24(32)30(5)16-25(2,3)33)31(23(17)26(4,28)29)15-18-9-7-6-8-10-18/h6-14,33H,15-16H2,1-5H3. The van der Waals surface area contributed by atoms with Crippen molar-refractivity contribution in [2.75, 3.05) is 13.6 Å². The SMILES string of the molecule is Cc1c(-c2ccc(Cl)cc2)c(C(=O)N(C)CC(C)(C)O)n(Cc2ccccc2)c1C(C)(F)F. The molecule has 0 fully saturated rings. The Labute approximate surface area is 198 Å². The third-order valence-corrected chi connectivity index (χ3v) is 5.66. The van der Waals surface area contributed by atoms with Crippen molar-refractivity contribution in [3.63, 3.8) is 0 Å². The van der Waals surface area contributed by atoms with Crippen molar-refractivity contribution in [2.45, 2.75) is 45.8 Å². The minimum Gasteiger partial charge on any atom is -0.389 e. The van der Waals surface area contributed by atoms with Gasteiger partial charge in [0.05, 0.1) is 11.3 Å². The van der Waals surface area contributed by atoms with E-state index in [0.717, 1.165) is 12.5 Å². The summed E-state index contributed by atoms with van der Waals surface area (Å²) in [6.45, 7) is 5.79. The second-order valence-electron chi connectivity index (χ2n) is 9.14. The number of aromatic nitrogens is 1. The highest BCUT2D eigenvalue weighted by Crippen LogP contribution is 2.41. The minimum absolute atomic E-state index is 0.0410. The molecule has 33 heavy (non-hydrogen) atoms. The molecule has 1 N–H and O–H groups in total. The summed E-state index contributed by atoms with van der Waals surface area (Å²) in [5, 5.41) is 10.8. The largest absolute Gasteiger partial charge is 0.389 e. The number of carbonyl (C=O) groups is 1. The summed E-state index contributed by atoms with van der Waals surface area (Å²) in [5.74, 6) is -3.63. The lowest BCUT2D eigenvalue weighted by Gasteiger charge is -2.27. The van der Waals surface area contributed by atoms with Crippen LogP contribution in [-0.2, 0) is 12.5 Å². The van der Waals surface area contributed by atoms with Crippen LogP contribution in [0, 0.1) is 6.92 Å². The summed E-state index contributed by atoms with van der Waals surface area (Å²) in [7, 11) is 1.56. The number of hydrogen-bond donors (Lipinski definition) is 1. The van der Waals surface area contributed by atoms with Gasteiger partial charge in [0.2, 0.25) is 0 Å². The third-order valence-electron chi connectivity index (χ3n) is 5.41. The van der Waals surface area contributed by atoms with Gasteiger partial charge in [0.15, 0.2) is 0 Å². The van der Waals surface area contributed by atoms with E-state index in [1.165, 1.54) is 9.47 Å². The van der Waals surface area contributed by atoms with E-state index in [1.807, 2.05) is 30.3 Å². The molecule has 3 rings (SSSR count). The third kappa shape index (κ3) is 5.63. The monoisotopic (exact) mass is 474 g/mol. The fourth-order valence-electron chi connectivity index (χ4n) is 4.26. The number of amides is 1. The van der Waals surface area contributed by atoms with E-state index < -0.39 is 17.4 Å². The van der Waals surface area contributed by atoms with Crippen LogP contribution < -0.4 is 0 Å². The number of nitrogens with zero attached hydrogens (tertiary/aromatic N) is 2. The van der Waals surface area contributed by atoms with Gasteiger partial charge in [0.25, 0.3) is 11.8 Å². The summed E-state index contributed by atoms with van der Waals surface area (Å²) in [6.07, 6.45) is 0. The van der Waals surface area contributed by atoms with E-state index in [4.69, 9.17) is 11.6 Å². The molecule has 3 aromatic rings. The predicted octanol–water partition coefficient (Wildman–Crippen LogP) is 6.12. The van der Waals surface area contributed by atoms with Gasteiger partial charge < -0.3 is 14.6 Å². The minimum atomic E-state index is -3.19. The molecule has 4 nitrogen and oxygen atoms in total. The van der Waals surface area contributed by atoms with Gasteiger partial charge >= 0.3 is 0 Å². The van der Waals surface area contributed by atoms with E-state index in [-0.39, 0.29) is 24.5 Å². The molecular weight excluding hydrogens is 446 g/mol. The molecule has 0 spiro atoms. The van der Waals surface area contributed by atoms with Crippen molar-refractivity contribution in [1.82, 2.24) is 9.47 Å². The van der Waals surface area contributed by atoms with E-state index in [1.54, 1.807) is 52.1 Å². The highest BCUT2D eigenvalue weighted by molar-refractivity contribution is 6.30. The van der Waals surface area contributed by atoms with Crippen LogP contribution >= 0.6 is 11.6 Å². The quantitative estimate of drug-likeness (QED) is 0.448. The first kappa shape index (κ1) is 24.9. The first-order chi connectivity index (χ1) is 15.3. The van der Waals surface area contributed by atoms with Crippen molar-refractivity contribution in [2.24, 2.45) is 0 Å². The Balaban J connectivity index is 2.32. The van der Waals surface area contributed by atoms with Crippen molar-refractivity contribution in [3.05, 3.63) is 82.1 Å². The normalized spacial score (nSPS) is 12.2. The Bertz CT molecular complexity index is 1130. The lowest BCUT2D eigenvalue weighted by Crippen LogP contribution is -2.40. The molecule has 0 bridgehead atoms. The second-order valence-corrected chi connectivity index (χ2v) is 9.57. The first-order valence-corrected chi connectivity index (χ1v) is 11.1. The number of halogens is 3. The van der Waals surface area contributed by atoms with Crippen molar-refractivity contribution in [3.8, 4) is 11.1 Å². The van der Waals surface area contributed by atoms with Crippen LogP contribution in [0.4, 0.5) is 8.78 Å². The lowest BCUT2D eigenvalue weighted by molar-refractivity contribution is 0.00823. The molecule has 0 unspecified atom stereocenters. The van der Waals surface area contributed by atoms with Crippen LogP contribution in [0.15, 0.2) is 54.6 Å². The molecule has 1 aromatic heterocycles. The number of hydrogen-bond acceptors (Lipinski definition) is 2. The number of alkyl halides is 2. The van der Waals surface area contributed by atoms with Gasteiger partial charge in [0.1, 0.15) is 5.69 Å². The van der Waals surface area contributed by atoms with Crippen LogP contribution in [0.3, 0.4) is 0 Å². The van der Waals surface area contributed by atoms with Gasteiger partial charge in [-0.25, -0.2) is 8.78 Å². The van der Waals surface area contributed by atoms with Gasteiger partial charge in [-0.05, 0) is 49.6 Å². The molecule has 7 heteroatoms. The molecule has 0 aliphatic rings. The smallest absolute Gasteiger partial charge is 0.285 e. The number of rotatable bonds is 7. The predicted molar refractivity (Wildman–Crippen MR) is 128 cm³/mol. The van der Waals surface area contributed by atoms with Crippen molar-refractivity contribution in [1.29, 1.82) is 0 Å². The number of aliphatic hydroxyl groups is 1. The van der Waals surface area contributed by atoms with Crippen LogP contribution in [0.2, 0.25) is 5.02 Å². The lowest BCUT2D eigenvalue weighted by atomic mass is 9.99. The van der Waals surface area contributed by atoms with Crippen molar-refractivity contribution >= 4 is 17.5 Å². The zero-order valence-electron chi connectivity index (χ0n) is 19.5. The Morgan fingerprint density at radius 1 is 1.06 bits per heavy atom. The average Bonchev–Trinajstić information content (AvgIpc) is 2.99. The molecule has 0 saturated carbocycles. The average molecular weight is 475 g/mol. The van der Waals surface area contributed by atoms with Gasteiger partial charge in [-0.1, -0.05) is 54.1 Å². The molecule has 0 atom stereocenters. The summed E-state index contributed by atoms with van der Waals surface area (Å²) in [4.78, 5) is 15.1. The van der Waals surface area contributed by atoms with E-state index in [9.17, 15) is 18.7 Å². The Morgan fingerprint density at radius 3 is 2.15 bits per heavy atom. The fraction of sp³-hybridized carbons (Fsp3) is 0.346. The van der Waals surface area contributed by atoms with Gasteiger partial charge in [-0.2, -0.15) is 0 Å². The summed E-state index contributed by atoms with van der Waals surface area (Å²) in [6, 6.07) is 16.0. The molecule has 176 valence electrons. The highest BCUT2D eigenvalue weighted by atomic mass is 35.5. The van der Waals surface area contributed by atoms with Crippen LogP contribution in [0.5, 0.6) is 0 Å². The maximum atomic E-state index is 15.0. The molecule has 0 saturated heterocycles. The molecular formula is C26H29ClF2N2O2. The summed E-state index contributed by atoms with van der Waals surface area (Å²) in [5.41, 5.74) is 0.980. The fourth-order valence-corrected chi connectivity index (χ4v) is 4.39. The molecule has 0 aliphatic heterocycles. The van der Waals surface area contributed by atoms with Crippen LogP contribution in [-0.4, -0.2) is 39.7 Å². The summed E-state index contributed by atoms with van der Waals surface area (Å²) >= 11 is 6.05. The maximum absolute atomic E-state index is 15.0. The topological polar surface area (TPSA) is 45.5 Å². The van der Waals surface area contributed by atoms with Gasteiger partial charge in [-0.3, -0.25) is 4.79 Å². The summed E-state index contributed by atoms with van der Waals surface area (Å²) < 4.78 is 31.4. The Hall–Kier alpha value is -2.70. The molecule has 0 aliphatic carbocycles. The number of benzene rings is 2. The van der Waals surface area contributed by atoms with E-state index >= 15 is 0 Å². The number of likely N-dealkylation sites (N-methyl/N-ethyl adjacent to an activating group) is 1. The maximum Gasteiger partial charge on any atom is 0.285 e. The highest BCUT2D eigenvalue weighted by Gasteiger charge is 2.38. The van der Waals surface area contributed by atoms with Crippen LogP contribution in [0.1, 0.15) is 48.1 Å². The van der Waals surface area contributed by atoms with Gasteiger partial charge in [-0.15, -0.1) is 0 Å². The van der Waals surface area contributed by atoms with Crippen LogP contribution in [0.25, 0.3) is 11.1 Å². The number of carbonyl (C=O) groups excluding carboxylic acids is 1. The van der Waals surface area contributed by atoms with Gasteiger partial charge in [0, 0.05) is 37.6 Å². The molecule has 0 radical (unpaired) electrons. The second kappa shape index (κ2) is 9.27. The molecule has 2 aromatic carbocycles. The van der Waals surface area contributed by atoms with E-state index in [0.29, 0.717) is 21.7 Å². The molecule has 1 amide bonds. The Kier molecular flexibility index (Phi) is 7.01. The zero-order valence-corrected chi connectivity index (χ0v) is 20.3. The van der Waals surface area contributed by atoms with E-state index in [2.05, 4.69) is 0 Å². The zero-order chi connectivity index (χ0) is 24.6. The molecule has 1 heterocycles.